The summed E-state index contributed by atoms with van der Waals surface area (Å²) in [5.41, 5.74) is 3.91. The predicted octanol–water partition coefficient (Wildman–Crippen LogP) is 3.28. The van der Waals surface area contributed by atoms with Gasteiger partial charge in [0.2, 0.25) is 0 Å². The number of carbonyl (C=O) groups excluding carboxylic acids is 1. The number of carbonyl (C=O) groups is 1. The molecule has 1 amide bonds. The first-order valence-electron chi connectivity index (χ1n) is 13.6. The zero-order valence-corrected chi connectivity index (χ0v) is 22.2. The Kier molecular flexibility index (Phi) is 7.49. The van der Waals surface area contributed by atoms with Crippen LogP contribution >= 0.6 is 0 Å². The molecule has 3 aromatic heterocycles. The van der Waals surface area contributed by atoms with Crippen LogP contribution in [0.5, 0.6) is 0 Å². The number of morpholine rings is 1. The van der Waals surface area contributed by atoms with Gasteiger partial charge in [-0.15, -0.1) is 0 Å². The summed E-state index contributed by atoms with van der Waals surface area (Å²) < 4.78 is 7.46. The highest BCUT2D eigenvalue weighted by molar-refractivity contribution is 6.05. The molecular weight excluding hydrogens is 492 g/mol. The Labute approximate surface area is 227 Å². The zero-order valence-electron chi connectivity index (χ0n) is 22.2. The Hall–Kier alpha value is -3.86. The van der Waals surface area contributed by atoms with Gasteiger partial charge in [-0.2, -0.15) is 5.10 Å². The minimum Gasteiger partial charge on any atom is -0.379 e. The summed E-state index contributed by atoms with van der Waals surface area (Å²) in [6, 6.07) is 12.1. The van der Waals surface area contributed by atoms with Gasteiger partial charge in [-0.1, -0.05) is 12.1 Å². The van der Waals surface area contributed by atoms with Crippen molar-refractivity contribution in [3.05, 3.63) is 66.2 Å². The van der Waals surface area contributed by atoms with Gasteiger partial charge < -0.3 is 20.7 Å². The van der Waals surface area contributed by atoms with E-state index < -0.39 is 0 Å². The number of ether oxygens (including phenoxy) is 1. The molecule has 2 aliphatic heterocycles. The molecule has 6 rings (SSSR count). The molecule has 0 unspecified atom stereocenters. The van der Waals surface area contributed by atoms with Crippen molar-refractivity contribution in [1.29, 1.82) is 0 Å². The SMILES string of the molecule is Cn1ncc(-c2ccc3cnc(NC(=O)c4ccnc(NC5CCNCC5)c4)cc3c2)c1CN1CCOCC1. The van der Waals surface area contributed by atoms with Crippen LogP contribution in [0.1, 0.15) is 28.9 Å². The van der Waals surface area contributed by atoms with Crippen LogP contribution in [-0.4, -0.2) is 76.0 Å². The number of nitrogens with one attached hydrogen (secondary N) is 3. The van der Waals surface area contributed by atoms with E-state index >= 15 is 0 Å². The van der Waals surface area contributed by atoms with E-state index in [4.69, 9.17) is 4.74 Å². The maximum Gasteiger partial charge on any atom is 0.257 e. The standard InChI is InChI=1S/C29H34N8O2/c1-36-26(19-37-10-12-39-13-11-37)25(18-33-36)20-2-3-22-17-32-28(16-23(22)14-20)35-29(38)21-4-9-31-27(15-21)34-24-5-7-30-8-6-24/h2-4,9,14-18,24,30H,5-8,10-13,19H2,1H3,(H,31,34)(H,32,35,38). The number of anilines is 2. The van der Waals surface area contributed by atoms with E-state index in [1.165, 1.54) is 5.69 Å². The summed E-state index contributed by atoms with van der Waals surface area (Å²) in [4.78, 5) is 24.4. The molecule has 0 bridgehead atoms. The molecule has 5 heterocycles. The second-order valence-electron chi connectivity index (χ2n) is 10.2. The lowest BCUT2D eigenvalue weighted by Crippen LogP contribution is -2.36. The number of benzene rings is 1. The summed E-state index contributed by atoms with van der Waals surface area (Å²) in [6.45, 7) is 6.17. The summed E-state index contributed by atoms with van der Waals surface area (Å²) in [7, 11) is 1.99. The van der Waals surface area contributed by atoms with Crippen molar-refractivity contribution in [3.63, 3.8) is 0 Å². The Morgan fingerprint density at radius 1 is 1.03 bits per heavy atom. The van der Waals surface area contributed by atoms with Crippen LogP contribution in [0.2, 0.25) is 0 Å². The minimum absolute atomic E-state index is 0.214. The lowest BCUT2D eigenvalue weighted by Gasteiger charge is -2.27. The van der Waals surface area contributed by atoms with Crippen LogP contribution in [0.3, 0.4) is 0 Å². The summed E-state index contributed by atoms with van der Waals surface area (Å²) in [6.07, 6.45) is 7.47. The minimum atomic E-state index is -0.214. The quantitative estimate of drug-likeness (QED) is 0.337. The first-order valence-corrected chi connectivity index (χ1v) is 13.6. The van der Waals surface area contributed by atoms with E-state index in [-0.39, 0.29) is 5.91 Å². The van der Waals surface area contributed by atoms with Crippen molar-refractivity contribution < 1.29 is 9.53 Å². The monoisotopic (exact) mass is 526 g/mol. The van der Waals surface area contributed by atoms with Gasteiger partial charge in [0, 0.05) is 61.6 Å². The topological polar surface area (TPSA) is 109 Å². The first-order chi connectivity index (χ1) is 19.1. The molecule has 2 saturated heterocycles. The molecular formula is C29H34N8O2. The molecule has 0 spiro atoms. The fourth-order valence-electron chi connectivity index (χ4n) is 5.25. The average molecular weight is 527 g/mol. The summed E-state index contributed by atoms with van der Waals surface area (Å²) in [5, 5.41) is 16.3. The smallest absolute Gasteiger partial charge is 0.257 e. The Morgan fingerprint density at radius 2 is 1.87 bits per heavy atom. The molecule has 202 valence electrons. The number of aromatic nitrogens is 4. The number of amides is 1. The normalized spacial score (nSPS) is 16.8. The molecule has 0 radical (unpaired) electrons. The molecule has 10 heteroatoms. The van der Waals surface area contributed by atoms with Gasteiger partial charge in [0.25, 0.3) is 5.91 Å². The Bertz CT molecular complexity index is 1460. The molecule has 39 heavy (non-hydrogen) atoms. The fourth-order valence-corrected chi connectivity index (χ4v) is 5.25. The zero-order chi connectivity index (χ0) is 26.6. The van der Waals surface area contributed by atoms with Crippen molar-refractivity contribution in [3.8, 4) is 11.1 Å². The van der Waals surface area contributed by atoms with Crippen molar-refractivity contribution in [2.24, 2.45) is 7.05 Å². The van der Waals surface area contributed by atoms with Crippen molar-refractivity contribution in [2.75, 3.05) is 50.0 Å². The van der Waals surface area contributed by atoms with Crippen LogP contribution in [0.25, 0.3) is 21.9 Å². The van der Waals surface area contributed by atoms with Crippen LogP contribution in [0.4, 0.5) is 11.6 Å². The third-order valence-electron chi connectivity index (χ3n) is 7.53. The number of rotatable bonds is 7. The van der Waals surface area contributed by atoms with Crippen LogP contribution in [0, 0.1) is 0 Å². The Morgan fingerprint density at radius 3 is 2.72 bits per heavy atom. The average Bonchev–Trinajstić information content (AvgIpc) is 3.33. The lowest BCUT2D eigenvalue weighted by molar-refractivity contribution is 0.0332. The Balaban J connectivity index is 1.19. The molecule has 4 aromatic rings. The molecule has 0 atom stereocenters. The van der Waals surface area contributed by atoms with E-state index in [1.54, 1.807) is 24.5 Å². The number of hydrogen-bond acceptors (Lipinski definition) is 8. The van der Waals surface area contributed by atoms with Crippen molar-refractivity contribution >= 4 is 28.3 Å². The molecule has 3 N–H and O–H groups in total. The third-order valence-corrected chi connectivity index (χ3v) is 7.53. The third kappa shape index (κ3) is 5.93. The number of hydrogen-bond donors (Lipinski definition) is 3. The number of fused-ring (bicyclic) bond motifs is 1. The van der Waals surface area contributed by atoms with E-state index in [9.17, 15) is 4.79 Å². The van der Waals surface area contributed by atoms with Gasteiger partial charge in [0.05, 0.1) is 25.1 Å². The second kappa shape index (κ2) is 11.5. The van der Waals surface area contributed by atoms with Gasteiger partial charge in [0.15, 0.2) is 0 Å². The largest absolute Gasteiger partial charge is 0.379 e. The maximum absolute atomic E-state index is 13.1. The summed E-state index contributed by atoms with van der Waals surface area (Å²) in [5.74, 6) is 1.01. The van der Waals surface area contributed by atoms with E-state index in [2.05, 4.69) is 54.1 Å². The van der Waals surface area contributed by atoms with Crippen LogP contribution in [-0.2, 0) is 18.3 Å². The van der Waals surface area contributed by atoms with Gasteiger partial charge in [0.1, 0.15) is 11.6 Å². The first kappa shape index (κ1) is 25.4. The van der Waals surface area contributed by atoms with Gasteiger partial charge in [-0.3, -0.25) is 14.4 Å². The van der Waals surface area contributed by atoms with Crippen LogP contribution < -0.4 is 16.0 Å². The van der Waals surface area contributed by atoms with Gasteiger partial charge in [-0.05, 0) is 61.1 Å². The molecule has 1 aromatic carbocycles. The van der Waals surface area contributed by atoms with E-state index in [0.29, 0.717) is 17.4 Å². The number of aryl methyl sites for hydroxylation is 1. The fraction of sp³-hybridized carbons (Fsp3) is 0.379. The highest BCUT2D eigenvalue weighted by Crippen LogP contribution is 2.29. The van der Waals surface area contributed by atoms with Gasteiger partial charge in [-0.25, -0.2) is 9.97 Å². The number of piperidine rings is 1. The van der Waals surface area contributed by atoms with E-state index in [0.717, 1.165) is 86.5 Å². The van der Waals surface area contributed by atoms with Crippen molar-refractivity contribution in [1.82, 2.24) is 30.0 Å². The van der Waals surface area contributed by atoms with Gasteiger partial charge >= 0.3 is 0 Å². The molecule has 2 fully saturated rings. The van der Waals surface area contributed by atoms with Crippen LogP contribution in [0.15, 0.2) is 55.0 Å². The maximum atomic E-state index is 13.1. The number of nitrogens with zero attached hydrogens (tertiary/aromatic N) is 5. The molecule has 2 aliphatic rings. The highest BCUT2D eigenvalue weighted by Gasteiger charge is 2.18. The highest BCUT2D eigenvalue weighted by atomic mass is 16.5. The molecule has 10 nitrogen and oxygen atoms in total. The summed E-state index contributed by atoms with van der Waals surface area (Å²) >= 11 is 0. The second-order valence-corrected chi connectivity index (χ2v) is 10.2. The number of pyridine rings is 2. The molecule has 0 saturated carbocycles. The predicted molar refractivity (Wildman–Crippen MR) is 152 cm³/mol. The molecule has 0 aliphatic carbocycles. The van der Waals surface area contributed by atoms with Crippen molar-refractivity contribution in [2.45, 2.75) is 25.4 Å². The lowest BCUT2D eigenvalue weighted by atomic mass is 10.0. The van der Waals surface area contributed by atoms with E-state index in [1.807, 2.05) is 24.0 Å².